The molecule has 12 heteroatoms. The summed E-state index contributed by atoms with van der Waals surface area (Å²) in [6, 6.07) is 11.4. The number of amides is 4. The van der Waals surface area contributed by atoms with Gasteiger partial charge in [0, 0.05) is 34.8 Å². The second-order valence-electron chi connectivity index (χ2n) is 15.4. The Labute approximate surface area is 309 Å². The van der Waals surface area contributed by atoms with Gasteiger partial charge in [-0.1, -0.05) is 48.6 Å². The van der Waals surface area contributed by atoms with Gasteiger partial charge in [-0.25, -0.2) is 9.29 Å². The van der Waals surface area contributed by atoms with E-state index in [0.717, 1.165) is 58.2 Å². The highest BCUT2D eigenvalue weighted by Gasteiger charge is 2.68. The zero-order valence-corrected chi connectivity index (χ0v) is 30.6. The van der Waals surface area contributed by atoms with E-state index >= 15 is 4.39 Å². The number of thiophene rings is 1. The fourth-order valence-corrected chi connectivity index (χ4v) is 11.6. The number of aryl methyl sites for hydroxylation is 2. The first-order valence-electron chi connectivity index (χ1n) is 18.1. The van der Waals surface area contributed by atoms with Gasteiger partial charge in [-0.15, -0.1) is 11.3 Å². The van der Waals surface area contributed by atoms with Crippen LogP contribution in [-0.2, 0) is 26.2 Å². The molecule has 6 atom stereocenters. The van der Waals surface area contributed by atoms with E-state index in [1.165, 1.54) is 21.9 Å². The van der Waals surface area contributed by atoms with Crippen molar-refractivity contribution in [3.8, 4) is 16.3 Å². The number of nitrogens with zero attached hydrogens (tertiary/aromatic N) is 4. The van der Waals surface area contributed by atoms with Crippen LogP contribution in [-0.4, -0.2) is 49.5 Å². The molecule has 2 aliphatic heterocycles. The first kappa shape index (κ1) is 33.5. The van der Waals surface area contributed by atoms with Crippen LogP contribution in [0.2, 0.25) is 5.02 Å². The number of hydrogen-bond donors (Lipinski definition) is 1. The fourth-order valence-electron chi connectivity index (χ4n) is 10.3. The van der Waals surface area contributed by atoms with Crippen LogP contribution in [0, 0.1) is 41.8 Å². The number of benzene rings is 2. The summed E-state index contributed by atoms with van der Waals surface area (Å²) in [7, 11) is 1.70. The number of phenolic OH excluding ortho intramolecular Hbond substituents is 1. The normalized spacial score (nSPS) is 29.2. The minimum Gasteiger partial charge on any atom is -0.505 e. The van der Waals surface area contributed by atoms with E-state index < -0.39 is 58.4 Å². The Kier molecular flexibility index (Phi) is 7.62. The van der Waals surface area contributed by atoms with Gasteiger partial charge in [0.2, 0.25) is 23.6 Å². The van der Waals surface area contributed by atoms with Crippen LogP contribution in [0.4, 0.5) is 10.2 Å². The van der Waals surface area contributed by atoms with Crippen molar-refractivity contribution in [2.75, 3.05) is 4.90 Å². The smallest absolute Gasteiger partial charge is 0.242 e. The van der Waals surface area contributed by atoms with Crippen molar-refractivity contribution in [3.05, 3.63) is 76.1 Å². The summed E-state index contributed by atoms with van der Waals surface area (Å²) in [5.74, 6) is -5.55. The summed E-state index contributed by atoms with van der Waals surface area (Å²) in [6.45, 7) is 3.76. The van der Waals surface area contributed by atoms with Crippen LogP contribution >= 0.6 is 22.9 Å². The number of rotatable bonds is 4. The molecule has 4 aromatic rings. The lowest BCUT2D eigenvalue weighted by Gasteiger charge is -2.49. The van der Waals surface area contributed by atoms with Gasteiger partial charge in [-0.05, 0) is 92.3 Å². The second-order valence-corrected chi connectivity index (χ2v) is 16.9. The van der Waals surface area contributed by atoms with Crippen molar-refractivity contribution in [1.82, 2.24) is 14.7 Å². The van der Waals surface area contributed by atoms with Crippen molar-refractivity contribution in [2.45, 2.75) is 70.8 Å². The van der Waals surface area contributed by atoms with Crippen LogP contribution in [0.1, 0.15) is 68.9 Å². The Bertz CT molecular complexity index is 2270. The van der Waals surface area contributed by atoms with Gasteiger partial charge in [0.1, 0.15) is 11.5 Å². The molecule has 5 aliphatic rings. The minimum atomic E-state index is -1.35. The Hall–Kier alpha value is -4.35. The topological polar surface area (TPSA) is 113 Å². The van der Waals surface area contributed by atoms with E-state index in [1.54, 1.807) is 42.1 Å². The molecule has 9 nitrogen and oxygen atoms in total. The monoisotopic (exact) mass is 740 g/mol. The Morgan fingerprint density at radius 1 is 0.981 bits per heavy atom. The van der Waals surface area contributed by atoms with Gasteiger partial charge in [-0.2, -0.15) is 5.10 Å². The van der Waals surface area contributed by atoms with Crippen molar-refractivity contribution in [2.24, 2.45) is 36.1 Å². The molecule has 0 spiro atoms. The SMILES string of the molecule is Cc1c(-c2cc(N3C(=O)[C@@H]4C[C@@H]5C(=CC[C@@H]6C(=O)N(C7CCCCC7)C(=O)[C@@H]65)[C@H](c5ccc(O)c(F)c5)[C@]4(C)C3=O)n(C)n2)sc2ccc(Cl)cc12. The number of aromatic nitrogens is 2. The highest BCUT2D eigenvalue weighted by Crippen LogP contribution is 2.64. The first-order chi connectivity index (χ1) is 24.9. The van der Waals surface area contributed by atoms with Gasteiger partial charge >= 0.3 is 0 Å². The van der Waals surface area contributed by atoms with Crippen molar-refractivity contribution < 1.29 is 28.7 Å². The van der Waals surface area contributed by atoms with Crippen molar-refractivity contribution in [1.29, 1.82) is 0 Å². The van der Waals surface area contributed by atoms with E-state index in [4.69, 9.17) is 16.7 Å². The number of carbonyl (C=O) groups is 4. The summed E-state index contributed by atoms with van der Waals surface area (Å²) < 4.78 is 17.7. The number of anilines is 1. The summed E-state index contributed by atoms with van der Waals surface area (Å²) in [6.07, 6.45) is 7.12. The molecule has 4 amide bonds. The number of carbonyl (C=O) groups excluding carboxylic acids is 4. The lowest BCUT2D eigenvalue weighted by Crippen LogP contribution is -2.49. The number of allylic oxidation sites excluding steroid dienone is 2. The molecule has 3 aliphatic carbocycles. The largest absolute Gasteiger partial charge is 0.505 e. The predicted molar refractivity (Wildman–Crippen MR) is 195 cm³/mol. The molecule has 9 rings (SSSR count). The zero-order chi connectivity index (χ0) is 36.4. The Morgan fingerprint density at radius 2 is 1.75 bits per heavy atom. The minimum absolute atomic E-state index is 0.121. The number of imide groups is 2. The zero-order valence-electron chi connectivity index (χ0n) is 29.1. The molecular formula is C40H38ClFN4O5S. The Balaban J connectivity index is 1.14. The second kappa shape index (κ2) is 11.8. The number of phenols is 1. The van der Waals surface area contributed by atoms with Gasteiger partial charge in [0.15, 0.2) is 11.6 Å². The maximum Gasteiger partial charge on any atom is 0.242 e. The molecule has 4 heterocycles. The van der Waals surface area contributed by atoms with Crippen LogP contribution in [0.15, 0.2) is 54.1 Å². The summed E-state index contributed by atoms with van der Waals surface area (Å²) >= 11 is 7.85. The number of aromatic hydroxyl groups is 1. The van der Waals surface area contributed by atoms with Crippen LogP contribution < -0.4 is 4.90 Å². The third-order valence-corrected chi connectivity index (χ3v) is 14.3. The molecule has 4 fully saturated rings. The van der Waals surface area contributed by atoms with Crippen molar-refractivity contribution >= 4 is 62.5 Å². The van der Waals surface area contributed by atoms with Gasteiger partial charge < -0.3 is 5.11 Å². The summed E-state index contributed by atoms with van der Waals surface area (Å²) in [5, 5.41) is 16.5. The standard InChI is InChI=1S/C40H38ClFN4O5S/c1-19-25-16-21(41)10-14-31(25)52-35(19)29-18-32(44(3)43-29)46-37(49)27-17-26-23(34(40(27,2)39(46)51)20-9-13-30(47)28(42)15-20)11-12-24-33(26)38(50)45(36(24)48)22-7-5-4-6-8-22/h9-11,13-16,18,22,24,26-27,33-34,47H,4-8,12,17H2,1-3H3/t24-,26+,27-,33-,34-,40+/m0/s1. The number of likely N-dealkylation sites (tertiary alicyclic amines) is 1. The molecule has 0 bridgehead atoms. The van der Waals surface area contributed by atoms with Gasteiger partial charge in [0.05, 0.1) is 28.0 Å². The predicted octanol–water partition coefficient (Wildman–Crippen LogP) is 7.67. The average Bonchev–Trinajstić information content (AvgIpc) is 3.80. The van der Waals surface area contributed by atoms with Gasteiger partial charge in [0.25, 0.3) is 0 Å². The first-order valence-corrected chi connectivity index (χ1v) is 19.3. The highest BCUT2D eigenvalue weighted by atomic mass is 35.5. The fraction of sp³-hybridized carbons (Fsp3) is 0.425. The molecule has 2 aromatic heterocycles. The van der Waals surface area contributed by atoms with Crippen LogP contribution in [0.25, 0.3) is 20.7 Å². The third kappa shape index (κ3) is 4.60. The molecular weight excluding hydrogens is 703 g/mol. The molecule has 2 saturated carbocycles. The van der Waals surface area contributed by atoms with Crippen molar-refractivity contribution in [3.63, 3.8) is 0 Å². The van der Waals surface area contributed by atoms with E-state index in [2.05, 4.69) is 0 Å². The molecule has 268 valence electrons. The maximum atomic E-state index is 15.1. The highest BCUT2D eigenvalue weighted by molar-refractivity contribution is 7.22. The quantitative estimate of drug-likeness (QED) is 0.170. The van der Waals surface area contributed by atoms with Crippen LogP contribution in [0.5, 0.6) is 5.75 Å². The number of halogens is 2. The third-order valence-electron chi connectivity index (χ3n) is 12.8. The van der Waals surface area contributed by atoms with E-state index in [9.17, 15) is 24.3 Å². The number of hydrogen-bond acceptors (Lipinski definition) is 7. The molecule has 52 heavy (non-hydrogen) atoms. The summed E-state index contributed by atoms with van der Waals surface area (Å²) in [5.41, 5.74) is 1.47. The number of fused-ring (bicyclic) bond motifs is 5. The van der Waals surface area contributed by atoms with E-state index in [1.807, 2.05) is 31.2 Å². The summed E-state index contributed by atoms with van der Waals surface area (Å²) in [4.78, 5) is 61.6. The lowest BCUT2D eigenvalue weighted by atomic mass is 9.51. The molecule has 0 unspecified atom stereocenters. The molecule has 2 aromatic carbocycles. The molecule has 0 radical (unpaired) electrons. The van der Waals surface area contributed by atoms with Crippen LogP contribution in [0.3, 0.4) is 0 Å². The van der Waals surface area contributed by atoms with E-state index in [0.29, 0.717) is 28.5 Å². The molecule has 1 N–H and O–H groups in total. The van der Waals surface area contributed by atoms with Gasteiger partial charge in [-0.3, -0.25) is 28.8 Å². The van der Waals surface area contributed by atoms with E-state index in [-0.39, 0.29) is 24.3 Å². The average molecular weight is 741 g/mol. The lowest BCUT2D eigenvalue weighted by molar-refractivity contribution is -0.144. The maximum absolute atomic E-state index is 15.1. The molecule has 2 saturated heterocycles. The Morgan fingerprint density at radius 3 is 2.50 bits per heavy atom.